The molecular weight excluding hydrogens is 302 g/mol. The first-order valence-electron chi connectivity index (χ1n) is 8.37. The second-order valence-electron chi connectivity index (χ2n) is 6.36. The van der Waals surface area contributed by atoms with Crippen molar-refractivity contribution in [2.24, 2.45) is 0 Å². The first-order valence-corrected chi connectivity index (χ1v) is 8.37. The summed E-state index contributed by atoms with van der Waals surface area (Å²) in [4.78, 5) is 16.6. The van der Waals surface area contributed by atoms with Gasteiger partial charge in [0.2, 0.25) is 0 Å². The molecular formula is C20H23NO3. The third-order valence-corrected chi connectivity index (χ3v) is 4.69. The summed E-state index contributed by atoms with van der Waals surface area (Å²) in [6.45, 7) is 2.45. The molecule has 1 aromatic carbocycles. The Hall–Kier alpha value is -2.36. The summed E-state index contributed by atoms with van der Waals surface area (Å²) in [7, 11) is 1.66. The van der Waals surface area contributed by atoms with Crippen LogP contribution in [0.2, 0.25) is 0 Å². The Balaban J connectivity index is 1.56. The van der Waals surface area contributed by atoms with Gasteiger partial charge in [-0.1, -0.05) is 12.1 Å². The molecule has 1 aliphatic rings. The standard InChI is InChI=1S/C20H23NO3/c1-15-5-6-17(14-18(15)23-2)20(9-10-20)19(22)24-13-3-4-16-7-11-21-12-8-16/h5-8,11-12,14H,3-4,9-10,13H2,1-2H3. The number of ether oxygens (including phenoxy) is 2. The van der Waals surface area contributed by atoms with E-state index in [2.05, 4.69) is 4.98 Å². The van der Waals surface area contributed by atoms with E-state index in [9.17, 15) is 4.79 Å². The van der Waals surface area contributed by atoms with Gasteiger partial charge in [-0.05, 0) is 67.5 Å². The van der Waals surface area contributed by atoms with Gasteiger partial charge < -0.3 is 9.47 Å². The number of rotatable bonds is 7. The second kappa shape index (κ2) is 7.04. The van der Waals surface area contributed by atoms with Gasteiger partial charge in [-0.15, -0.1) is 0 Å². The molecule has 4 heteroatoms. The highest BCUT2D eigenvalue weighted by Gasteiger charge is 2.53. The van der Waals surface area contributed by atoms with Crippen molar-refractivity contribution in [3.8, 4) is 5.75 Å². The van der Waals surface area contributed by atoms with Crippen LogP contribution in [-0.2, 0) is 21.4 Å². The normalized spacial score (nSPS) is 14.9. The second-order valence-corrected chi connectivity index (χ2v) is 6.36. The Bertz CT molecular complexity index is 708. The van der Waals surface area contributed by atoms with Crippen LogP contribution in [0.1, 0.15) is 36.0 Å². The summed E-state index contributed by atoms with van der Waals surface area (Å²) in [6.07, 6.45) is 6.98. The zero-order valence-electron chi connectivity index (χ0n) is 14.2. The summed E-state index contributed by atoms with van der Waals surface area (Å²) in [5.41, 5.74) is 2.83. The molecule has 0 amide bonds. The minimum Gasteiger partial charge on any atom is -0.496 e. The molecule has 0 radical (unpaired) electrons. The molecule has 1 aliphatic carbocycles. The van der Waals surface area contributed by atoms with E-state index in [-0.39, 0.29) is 5.97 Å². The lowest BCUT2D eigenvalue weighted by Gasteiger charge is -2.16. The number of hydrogen-bond acceptors (Lipinski definition) is 4. The van der Waals surface area contributed by atoms with Gasteiger partial charge in [0.05, 0.1) is 19.1 Å². The number of carbonyl (C=O) groups excluding carboxylic acids is 1. The predicted octanol–water partition coefficient (Wildman–Crippen LogP) is 3.61. The molecule has 126 valence electrons. The summed E-state index contributed by atoms with van der Waals surface area (Å²) in [5, 5.41) is 0. The van der Waals surface area contributed by atoms with Crippen LogP contribution in [0.5, 0.6) is 5.75 Å². The van der Waals surface area contributed by atoms with Crippen LogP contribution < -0.4 is 4.74 Å². The van der Waals surface area contributed by atoms with Crippen LogP contribution in [0.4, 0.5) is 0 Å². The molecule has 1 heterocycles. The van der Waals surface area contributed by atoms with E-state index < -0.39 is 5.41 Å². The number of benzene rings is 1. The molecule has 1 fully saturated rings. The van der Waals surface area contributed by atoms with Crippen molar-refractivity contribution in [2.75, 3.05) is 13.7 Å². The number of aromatic nitrogens is 1. The number of aryl methyl sites for hydroxylation is 2. The molecule has 3 rings (SSSR count). The maximum absolute atomic E-state index is 12.6. The molecule has 0 saturated heterocycles. The van der Waals surface area contributed by atoms with E-state index in [1.54, 1.807) is 19.5 Å². The Morgan fingerprint density at radius 1 is 1.21 bits per heavy atom. The highest BCUT2D eigenvalue weighted by atomic mass is 16.5. The zero-order chi connectivity index (χ0) is 17.0. The fourth-order valence-corrected chi connectivity index (χ4v) is 2.98. The van der Waals surface area contributed by atoms with Crippen LogP contribution in [-0.4, -0.2) is 24.7 Å². The van der Waals surface area contributed by atoms with Gasteiger partial charge in [0.15, 0.2) is 0 Å². The maximum atomic E-state index is 12.6. The van der Waals surface area contributed by atoms with Crippen LogP contribution in [0, 0.1) is 6.92 Å². The average Bonchev–Trinajstić information content (AvgIpc) is 3.42. The summed E-state index contributed by atoms with van der Waals surface area (Å²) < 4.78 is 10.9. The zero-order valence-corrected chi connectivity index (χ0v) is 14.2. The fraction of sp³-hybridized carbons (Fsp3) is 0.400. The van der Waals surface area contributed by atoms with Gasteiger partial charge in [0.1, 0.15) is 5.75 Å². The van der Waals surface area contributed by atoms with Crippen molar-refractivity contribution >= 4 is 5.97 Å². The van der Waals surface area contributed by atoms with Gasteiger partial charge >= 0.3 is 5.97 Å². The van der Waals surface area contributed by atoms with E-state index >= 15 is 0 Å². The number of pyridine rings is 1. The Kier molecular flexibility index (Phi) is 4.84. The summed E-state index contributed by atoms with van der Waals surface area (Å²) in [5.74, 6) is 0.715. The fourth-order valence-electron chi connectivity index (χ4n) is 2.98. The third-order valence-electron chi connectivity index (χ3n) is 4.69. The van der Waals surface area contributed by atoms with Crippen LogP contribution in [0.15, 0.2) is 42.7 Å². The third kappa shape index (κ3) is 3.42. The van der Waals surface area contributed by atoms with E-state index in [0.717, 1.165) is 42.6 Å². The van der Waals surface area contributed by atoms with Crippen molar-refractivity contribution < 1.29 is 14.3 Å². The topological polar surface area (TPSA) is 48.4 Å². The largest absolute Gasteiger partial charge is 0.496 e. The summed E-state index contributed by atoms with van der Waals surface area (Å²) in [6, 6.07) is 9.97. The Morgan fingerprint density at radius 2 is 1.96 bits per heavy atom. The van der Waals surface area contributed by atoms with Gasteiger partial charge in [0, 0.05) is 12.4 Å². The molecule has 2 aromatic rings. The molecule has 4 nitrogen and oxygen atoms in total. The lowest BCUT2D eigenvalue weighted by Crippen LogP contribution is -2.24. The van der Waals surface area contributed by atoms with E-state index in [4.69, 9.17) is 9.47 Å². The minimum absolute atomic E-state index is 0.108. The van der Waals surface area contributed by atoms with Gasteiger partial charge in [0.25, 0.3) is 0 Å². The molecule has 24 heavy (non-hydrogen) atoms. The van der Waals surface area contributed by atoms with Crippen LogP contribution >= 0.6 is 0 Å². The molecule has 0 bridgehead atoms. The Labute approximate surface area is 142 Å². The van der Waals surface area contributed by atoms with Crippen molar-refractivity contribution in [3.05, 3.63) is 59.4 Å². The van der Waals surface area contributed by atoms with Crippen molar-refractivity contribution in [1.82, 2.24) is 4.98 Å². The monoisotopic (exact) mass is 325 g/mol. The van der Waals surface area contributed by atoms with Crippen molar-refractivity contribution in [2.45, 2.75) is 38.0 Å². The molecule has 0 spiro atoms. The quantitative estimate of drug-likeness (QED) is 0.576. The van der Waals surface area contributed by atoms with Crippen molar-refractivity contribution in [1.29, 1.82) is 0 Å². The first kappa shape index (κ1) is 16.5. The van der Waals surface area contributed by atoms with Crippen LogP contribution in [0.3, 0.4) is 0 Å². The summed E-state index contributed by atoms with van der Waals surface area (Å²) >= 11 is 0. The number of nitrogens with zero attached hydrogens (tertiary/aromatic N) is 1. The smallest absolute Gasteiger partial charge is 0.316 e. The van der Waals surface area contributed by atoms with Crippen LogP contribution in [0.25, 0.3) is 0 Å². The SMILES string of the molecule is COc1cc(C2(C(=O)OCCCc3ccncc3)CC2)ccc1C. The molecule has 0 atom stereocenters. The van der Waals surface area contributed by atoms with E-state index in [0.29, 0.717) is 6.61 Å². The van der Waals surface area contributed by atoms with Gasteiger partial charge in [-0.3, -0.25) is 9.78 Å². The van der Waals surface area contributed by atoms with E-state index in [1.807, 2.05) is 37.3 Å². The number of esters is 1. The number of methoxy groups -OCH3 is 1. The Morgan fingerprint density at radius 3 is 2.62 bits per heavy atom. The molecule has 1 aromatic heterocycles. The highest BCUT2D eigenvalue weighted by Crippen LogP contribution is 2.50. The van der Waals surface area contributed by atoms with Gasteiger partial charge in [-0.2, -0.15) is 0 Å². The molecule has 1 saturated carbocycles. The molecule has 0 aliphatic heterocycles. The highest BCUT2D eigenvalue weighted by molar-refractivity contribution is 5.86. The molecule has 0 unspecified atom stereocenters. The number of hydrogen-bond donors (Lipinski definition) is 0. The average molecular weight is 325 g/mol. The number of carbonyl (C=O) groups is 1. The lowest BCUT2D eigenvalue weighted by atomic mass is 9.94. The van der Waals surface area contributed by atoms with E-state index in [1.165, 1.54) is 5.56 Å². The lowest BCUT2D eigenvalue weighted by molar-refractivity contribution is -0.146. The predicted molar refractivity (Wildman–Crippen MR) is 92.2 cm³/mol. The molecule has 0 N–H and O–H groups in total. The van der Waals surface area contributed by atoms with Gasteiger partial charge in [-0.25, -0.2) is 0 Å². The maximum Gasteiger partial charge on any atom is 0.316 e. The minimum atomic E-state index is -0.461. The first-order chi connectivity index (χ1) is 11.7. The van der Waals surface area contributed by atoms with Crippen molar-refractivity contribution in [3.63, 3.8) is 0 Å².